The molecule has 0 bridgehead atoms. The third kappa shape index (κ3) is 2.95. The first-order chi connectivity index (χ1) is 9.81. The molecule has 0 unspecified atom stereocenters. The summed E-state index contributed by atoms with van der Waals surface area (Å²) in [7, 11) is 0. The maximum atomic E-state index is 5.80. The Labute approximate surface area is 120 Å². The van der Waals surface area contributed by atoms with Crippen molar-refractivity contribution < 1.29 is 9.26 Å². The molecule has 2 aromatic heterocycles. The van der Waals surface area contributed by atoms with Gasteiger partial charge in [0.15, 0.2) is 6.61 Å². The van der Waals surface area contributed by atoms with Gasteiger partial charge in [-0.25, -0.2) is 0 Å². The number of hydrogen-bond donors (Lipinski definition) is 0. The van der Waals surface area contributed by atoms with Crippen molar-refractivity contribution in [1.29, 1.82) is 0 Å². The van der Waals surface area contributed by atoms with E-state index < -0.39 is 0 Å². The Bertz CT molecular complexity index is 683. The van der Waals surface area contributed by atoms with E-state index in [0.717, 1.165) is 0 Å². The predicted octanol–water partition coefficient (Wildman–Crippen LogP) is 3.36. The summed E-state index contributed by atoms with van der Waals surface area (Å²) in [5.41, 5.74) is 0.661. The molecule has 0 aliphatic heterocycles. The highest BCUT2D eigenvalue weighted by Crippen LogP contribution is 2.17. The second-order valence-corrected chi connectivity index (χ2v) is 4.41. The Hall–Kier alpha value is -2.40. The molecule has 0 amide bonds. The van der Waals surface area contributed by atoms with Gasteiger partial charge in [0.05, 0.1) is 0 Å². The van der Waals surface area contributed by atoms with Gasteiger partial charge in [-0.05, 0) is 36.4 Å². The van der Waals surface area contributed by atoms with Crippen LogP contribution in [-0.2, 0) is 6.61 Å². The molecule has 1 aromatic carbocycles. The molecule has 2 heterocycles. The average molecular weight is 288 g/mol. The highest BCUT2D eigenvalue weighted by Gasteiger charge is 2.09. The zero-order valence-corrected chi connectivity index (χ0v) is 11.1. The Balaban J connectivity index is 1.67. The van der Waals surface area contributed by atoms with Crippen LogP contribution in [0.2, 0.25) is 5.02 Å². The summed E-state index contributed by atoms with van der Waals surface area (Å²) in [4.78, 5) is 8.37. The smallest absolute Gasteiger partial charge is 0.264 e. The van der Waals surface area contributed by atoms with Crippen LogP contribution in [0, 0.1) is 0 Å². The fourth-order valence-corrected chi connectivity index (χ4v) is 1.71. The molecule has 3 aromatic rings. The molecule has 3 rings (SSSR count). The van der Waals surface area contributed by atoms with E-state index in [-0.39, 0.29) is 6.61 Å². The van der Waals surface area contributed by atoms with Gasteiger partial charge >= 0.3 is 0 Å². The summed E-state index contributed by atoms with van der Waals surface area (Å²) >= 11 is 5.80. The average Bonchev–Trinajstić information content (AvgIpc) is 2.97. The van der Waals surface area contributed by atoms with Crippen molar-refractivity contribution in [3.05, 3.63) is 59.6 Å². The molecule has 0 spiro atoms. The fourth-order valence-electron chi connectivity index (χ4n) is 1.59. The third-order valence-corrected chi connectivity index (χ3v) is 2.79. The van der Waals surface area contributed by atoms with Crippen LogP contribution in [0.15, 0.2) is 53.2 Å². The number of hydrogen-bond acceptors (Lipinski definition) is 5. The van der Waals surface area contributed by atoms with Gasteiger partial charge in [-0.1, -0.05) is 22.8 Å². The number of halogens is 1. The minimum absolute atomic E-state index is 0.196. The van der Waals surface area contributed by atoms with Gasteiger partial charge in [0.25, 0.3) is 5.89 Å². The minimum Gasteiger partial charge on any atom is -0.484 e. The minimum atomic E-state index is 0.196. The SMILES string of the molecule is Clc1ccc(OCc2nc(-c3ccccn3)no2)cc1. The molecule has 0 radical (unpaired) electrons. The molecule has 0 saturated heterocycles. The Morgan fingerprint density at radius 1 is 1.10 bits per heavy atom. The first-order valence-electron chi connectivity index (χ1n) is 5.93. The second kappa shape index (κ2) is 5.71. The first-order valence-corrected chi connectivity index (χ1v) is 6.31. The molecule has 0 N–H and O–H groups in total. The summed E-state index contributed by atoms with van der Waals surface area (Å²) in [6.45, 7) is 0.196. The molecule has 0 fully saturated rings. The number of pyridine rings is 1. The number of nitrogens with zero attached hydrogens (tertiary/aromatic N) is 3. The number of rotatable bonds is 4. The Kier molecular flexibility index (Phi) is 3.60. The molecule has 20 heavy (non-hydrogen) atoms. The van der Waals surface area contributed by atoms with Crippen molar-refractivity contribution in [3.8, 4) is 17.3 Å². The van der Waals surface area contributed by atoms with Crippen LogP contribution in [0.5, 0.6) is 5.75 Å². The van der Waals surface area contributed by atoms with Gasteiger partial charge < -0.3 is 9.26 Å². The van der Waals surface area contributed by atoms with E-state index in [4.69, 9.17) is 20.9 Å². The van der Waals surface area contributed by atoms with Gasteiger partial charge in [-0.3, -0.25) is 4.98 Å². The topological polar surface area (TPSA) is 61.0 Å². The molecule has 0 atom stereocenters. The second-order valence-electron chi connectivity index (χ2n) is 3.97. The van der Waals surface area contributed by atoms with Gasteiger partial charge in [0.2, 0.25) is 5.82 Å². The van der Waals surface area contributed by atoms with Crippen molar-refractivity contribution in [2.24, 2.45) is 0 Å². The fraction of sp³-hybridized carbons (Fsp3) is 0.0714. The zero-order valence-electron chi connectivity index (χ0n) is 10.4. The molecule has 0 aliphatic rings. The number of ether oxygens (including phenoxy) is 1. The summed E-state index contributed by atoms with van der Waals surface area (Å²) < 4.78 is 10.6. The van der Waals surface area contributed by atoms with Crippen LogP contribution >= 0.6 is 11.6 Å². The van der Waals surface area contributed by atoms with E-state index in [1.165, 1.54) is 0 Å². The van der Waals surface area contributed by atoms with Crippen molar-refractivity contribution in [2.75, 3.05) is 0 Å². The van der Waals surface area contributed by atoms with Crippen LogP contribution in [0.4, 0.5) is 0 Å². The monoisotopic (exact) mass is 287 g/mol. The lowest BCUT2D eigenvalue weighted by molar-refractivity contribution is 0.243. The standard InChI is InChI=1S/C14H10ClN3O2/c15-10-4-6-11(7-5-10)19-9-13-17-14(18-20-13)12-3-1-2-8-16-12/h1-8H,9H2. The Morgan fingerprint density at radius 3 is 2.70 bits per heavy atom. The van der Waals surface area contributed by atoms with Gasteiger partial charge in [-0.2, -0.15) is 4.98 Å². The highest BCUT2D eigenvalue weighted by molar-refractivity contribution is 6.30. The van der Waals surface area contributed by atoms with Crippen LogP contribution in [0.3, 0.4) is 0 Å². The normalized spacial score (nSPS) is 10.4. The molecular weight excluding hydrogens is 278 g/mol. The van der Waals surface area contributed by atoms with Gasteiger partial charge in [0, 0.05) is 11.2 Å². The number of benzene rings is 1. The summed E-state index contributed by atoms with van der Waals surface area (Å²) in [6, 6.07) is 12.6. The van der Waals surface area contributed by atoms with E-state index in [0.29, 0.717) is 28.2 Å². The van der Waals surface area contributed by atoms with Crippen LogP contribution in [-0.4, -0.2) is 15.1 Å². The van der Waals surface area contributed by atoms with Crippen LogP contribution in [0.1, 0.15) is 5.89 Å². The lowest BCUT2D eigenvalue weighted by Gasteiger charge is -2.02. The Morgan fingerprint density at radius 2 is 1.95 bits per heavy atom. The lowest BCUT2D eigenvalue weighted by atomic mass is 10.3. The first kappa shape index (κ1) is 12.6. The van der Waals surface area contributed by atoms with Crippen molar-refractivity contribution in [2.45, 2.75) is 6.61 Å². The van der Waals surface area contributed by atoms with Crippen LogP contribution in [0.25, 0.3) is 11.5 Å². The van der Waals surface area contributed by atoms with Crippen molar-refractivity contribution in [1.82, 2.24) is 15.1 Å². The zero-order chi connectivity index (χ0) is 13.8. The largest absolute Gasteiger partial charge is 0.484 e. The predicted molar refractivity (Wildman–Crippen MR) is 73.3 cm³/mol. The van der Waals surface area contributed by atoms with E-state index in [1.807, 2.05) is 18.2 Å². The number of aromatic nitrogens is 3. The van der Waals surface area contributed by atoms with Crippen LogP contribution < -0.4 is 4.74 Å². The highest BCUT2D eigenvalue weighted by atomic mass is 35.5. The molecular formula is C14H10ClN3O2. The van der Waals surface area contributed by atoms with Crippen molar-refractivity contribution >= 4 is 11.6 Å². The molecule has 5 nitrogen and oxygen atoms in total. The van der Waals surface area contributed by atoms with E-state index in [9.17, 15) is 0 Å². The van der Waals surface area contributed by atoms with E-state index in [2.05, 4.69) is 15.1 Å². The lowest BCUT2D eigenvalue weighted by Crippen LogP contribution is -1.95. The van der Waals surface area contributed by atoms with E-state index >= 15 is 0 Å². The van der Waals surface area contributed by atoms with Crippen molar-refractivity contribution in [3.63, 3.8) is 0 Å². The van der Waals surface area contributed by atoms with E-state index in [1.54, 1.807) is 30.5 Å². The molecule has 100 valence electrons. The third-order valence-electron chi connectivity index (χ3n) is 2.54. The van der Waals surface area contributed by atoms with Gasteiger partial charge in [-0.15, -0.1) is 0 Å². The maximum Gasteiger partial charge on any atom is 0.264 e. The molecule has 0 saturated carbocycles. The summed E-state index contributed by atoms with van der Waals surface area (Å²) in [5.74, 6) is 1.52. The molecule has 6 heteroatoms. The van der Waals surface area contributed by atoms with Gasteiger partial charge in [0.1, 0.15) is 11.4 Å². The quantitative estimate of drug-likeness (QED) is 0.736. The molecule has 0 aliphatic carbocycles. The summed E-state index contributed by atoms with van der Waals surface area (Å²) in [6.07, 6.45) is 1.68. The maximum absolute atomic E-state index is 5.80. The summed E-state index contributed by atoms with van der Waals surface area (Å²) in [5, 5.41) is 4.52.